The minimum atomic E-state index is -0.123. The van der Waals surface area contributed by atoms with E-state index < -0.39 is 0 Å². The first-order chi connectivity index (χ1) is 14.4. The SMILES string of the molecule is C=C=C(C)CC1C=CC(C2=CCN(C(C(=O)CC(C)C)/C(=C/C=C)CC)CC2)=CC1. The number of rotatable bonds is 10. The lowest BCUT2D eigenvalue weighted by atomic mass is 9.86. The Bertz CT molecular complexity index is 798. The highest BCUT2D eigenvalue weighted by molar-refractivity contribution is 5.87. The Kier molecular flexibility index (Phi) is 9.56. The predicted molar refractivity (Wildman–Crippen MR) is 129 cm³/mol. The van der Waals surface area contributed by atoms with Gasteiger partial charge < -0.3 is 0 Å². The Morgan fingerprint density at radius 3 is 2.63 bits per heavy atom. The molecule has 0 saturated heterocycles. The second-order valence-electron chi connectivity index (χ2n) is 8.95. The summed E-state index contributed by atoms with van der Waals surface area (Å²) in [7, 11) is 0. The molecule has 2 aliphatic rings. The van der Waals surface area contributed by atoms with Crippen molar-refractivity contribution in [2.45, 2.75) is 65.8 Å². The molecule has 0 spiro atoms. The molecule has 0 aromatic carbocycles. The summed E-state index contributed by atoms with van der Waals surface area (Å²) in [5.74, 6) is 1.27. The maximum absolute atomic E-state index is 13.1. The van der Waals surface area contributed by atoms with Gasteiger partial charge in [0, 0.05) is 19.5 Å². The van der Waals surface area contributed by atoms with Crippen LogP contribution in [0.5, 0.6) is 0 Å². The Labute approximate surface area is 184 Å². The van der Waals surface area contributed by atoms with E-state index >= 15 is 0 Å². The van der Waals surface area contributed by atoms with Gasteiger partial charge in [0.05, 0.1) is 6.04 Å². The maximum atomic E-state index is 13.1. The Morgan fingerprint density at radius 1 is 1.37 bits per heavy atom. The van der Waals surface area contributed by atoms with E-state index in [4.69, 9.17) is 0 Å². The molecular formula is C28H39NO. The fourth-order valence-corrected chi connectivity index (χ4v) is 4.41. The number of hydrogen-bond acceptors (Lipinski definition) is 2. The summed E-state index contributed by atoms with van der Waals surface area (Å²) in [4.78, 5) is 15.4. The highest BCUT2D eigenvalue weighted by atomic mass is 16.1. The fraction of sp³-hybridized carbons (Fsp3) is 0.500. The predicted octanol–water partition coefficient (Wildman–Crippen LogP) is 6.75. The molecule has 2 unspecified atom stereocenters. The number of carbonyl (C=O) groups excluding carboxylic acids is 1. The highest BCUT2D eigenvalue weighted by Crippen LogP contribution is 2.30. The summed E-state index contributed by atoms with van der Waals surface area (Å²) >= 11 is 0. The van der Waals surface area contributed by atoms with Crippen LogP contribution in [0.25, 0.3) is 0 Å². The molecule has 2 atom stereocenters. The molecule has 1 aliphatic heterocycles. The molecule has 0 amide bonds. The molecule has 30 heavy (non-hydrogen) atoms. The molecule has 2 rings (SSSR count). The van der Waals surface area contributed by atoms with Gasteiger partial charge in [-0.1, -0.05) is 70.4 Å². The van der Waals surface area contributed by atoms with Crippen LogP contribution in [0, 0.1) is 11.8 Å². The Balaban J connectivity index is 2.11. The zero-order valence-corrected chi connectivity index (χ0v) is 19.4. The average molecular weight is 406 g/mol. The zero-order chi connectivity index (χ0) is 22.1. The summed E-state index contributed by atoms with van der Waals surface area (Å²) in [5.41, 5.74) is 8.18. The van der Waals surface area contributed by atoms with Gasteiger partial charge in [-0.2, -0.15) is 0 Å². The second-order valence-corrected chi connectivity index (χ2v) is 8.95. The molecule has 2 heteroatoms. The van der Waals surface area contributed by atoms with Crippen LogP contribution in [0.4, 0.5) is 0 Å². The second kappa shape index (κ2) is 11.9. The molecule has 0 saturated carbocycles. The van der Waals surface area contributed by atoms with Crippen LogP contribution in [-0.2, 0) is 4.79 Å². The first-order valence-corrected chi connectivity index (χ1v) is 11.4. The van der Waals surface area contributed by atoms with Crippen molar-refractivity contribution in [1.82, 2.24) is 4.90 Å². The molecule has 0 bridgehead atoms. The lowest BCUT2D eigenvalue weighted by Crippen LogP contribution is -2.45. The number of hydrogen-bond donors (Lipinski definition) is 0. The fourth-order valence-electron chi connectivity index (χ4n) is 4.41. The molecule has 0 fully saturated rings. The Hall–Kier alpha value is -2.15. The minimum Gasteiger partial charge on any atom is -0.298 e. The minimum absolute atomic E-state index is 0.123. The third-order valence-electron chi connectivity index (χ3n) is 6.04. The van der Waals surface area contributed by atoms with Crippen LogP contribution < -0.4 is 0 Å². The van der Waals surface area contributed by atoms with Gasteiger partial charge in [-0.15, -0.1) is 5.73 Å². The van der Waals surface area contributed by atoms with Gasteiger partial charge in [0.1, 0.15) is 0 Å². The van der Waals surface area contributed by atoms with Crippen molar-refractivity contribution >= 4 is 5.78 Å². The summed E-state index contributed by atoms with van der Waals surface area (Å²) in [6.07, 6.45) is 17.8. The van der Waals surface area contributed by atoms with E-state index in [-0.39, 0.29) is 6.04 Å². The van der Waals surface area contributed by atoms with Crippen molar-refractivity contribution in [3.8, 4) is 0 Å². The summed E-state index contributed by atoms with van der Waals surface area (Å²) < 4.78 is 0. The summed E-state index contributed by atoms with van der Waals surface area (Å²) in [6.45, 7) is 17.8. The molecule has 162 valence electrons. The lowest BCUT2D eigenvalue weighted by molar-refractivity contribution is -0.123. The van der Waals surface area contributed by atoms with Crippen LogP contribution >= 0.6 is 0 Å². The normalized spacial score (nSPS) is 21.0. The largest absolute Gasteiger partial charge is 0.298 e. The summed E-state index contributed by atoms with van der Waals surface area (Å²) in [6, 6.07) is -0.123. The molecule has 0 radical (unpaired) electrons. The molecule has 2 nitrogen and oxygen atoms in total. The highest BCUT2D eigenvalue weighted by Gasteiger charge is 2.30. The van der Waals surface area contributed by atoms with Gasteiger partial charge in [-0.05, 0) is 66.7 Å². The molecule has 0 N–H and O–H groups in total. The van der Waals surface area contributed by atoms with Crippen LogP contribution in [0.15, 0.2) is 77.6 Å². The van der Waals surface area contributed by atoms with Crippen LogP contribution in [0.1, 0.15) is 59.8 Å². The quantitative estimate of drug-likeness (QED) is 0.296. The van der Waals surface area contributed by atoms with Crippen LogP contribution in [0.2, 0.25) is 0 Å². The van der Waals surface area contributed by atoms with Crippen molar-refractivity contribution in [2.24, 2.45) is 11.8 Å². The summed E-state index contributed by atoms with van der Waals surface area (Å²) in [5, 5.41) is 0. The van der Waals surface area contributed by atoms with E-state index in [0.717, 1.165) is 38.8 Å². The van der Waals surface area contributed by atoms with E-state index in [1.165, 1.54) is 22.3 Å². The number of Topliss-reactive ketones (excluding diaryl/α,β-unsaturated/α-hetero) is 1. The molecular weight excluding hydrogens is 366 g/mol. The first kappa shape index (κ1) is 24.1. The van der Waals surface area contributed by atoms with E-state index in [1.54, 1.807) is 0 Å². The third-order valence-corrected chi connectivity index (χ3v) is 6.04. The smallest absolute Gasteiger partial charge is 0.154 e. The average Bonchev–Trinajstić information content (AvgIpc) is 2.73. The number of carbonyl (C=O) groups is 1. The first-order valence-electron chi connectivity index (χ1n) is 11.4. The number of ketones is 1. The van der Waals surface area contributed by atoms with Gasteiger partial charge in [-0.25, -0.2) is 0 Å². The molecule has 0 aromatic heterocycles. The Morgan fingerprint density at radius 2 is 2.13 bits per heavy atom. The zero-order valence-electron chi connectivity index (χ0n) is 19.4. The molecule has 1 aliphatic carbocycles. The molecule has 0 aromatic rings. The van der Waals surface area contributed by atoms with Crippen molar-refractivity contribution in [1.29, 1.82) is 0 Å². The lowest BCUT2D eigenvalue weighted by Gasteiger charge is -2.35. The van der Waals surface area contributed by atoms with Crippen LogP contribution in [-0.4, -0.2) is 29.8 Å². The van der Waals surface area contributed by atoms with Crippen molar-refractivity contribution in [3.05, 3.63) is 77.6 Å². The van der Waals surface area contributed by atoms with Gasteiger partial charge in [-0.3, -0.25) is 9.69 Å². The van der Waals surface area contributed by atoms with E-state index in [9.17, 15) is 4.79 Å². The standard InChI is InChI=1S/C28H39NO/c1-7-10-24(9-3)28(27(30)19-21(4)5)29-17-15-26(16-18-29)25-13-11-23(12-14-25)20-22(6)8-2/h7,10-11,13-15,21,23,28H,1-2,9,12,16-20H2,3-6H3/b24-10+. The van der Waals surface area contributed by atoms with Crippen molar-refractivity contribution in [3.63, 3.8) is 0 Å². The molecule has 1 heterocycles. The number of nitrogens with zero attached hydrogens (tertiary/aromatic N) is 1. The van der Waals surface area contributed by atoms with Crippen molar-refractivity contribution < 1.29 is 4.79 Å². The van der Waals surface area contributed by atoms with E-state index in [2.05, 4.69) is 75.8 Å². The van der Waals surface area contributed by atoms with Gasteiger partial charge in [0.2, 0.25) is 0 Å². The van der Waals surface area contributed by atoms with Gasteiger partial charge >= 0.3 is 0 Å². The number of allylic oxidation sites excluding steroid dienone is 7. The van der Waals surface area contributed by atoms with E-state index in [1.807, 2.05) is 12.2 Å². The van der Waals surface area contributed by atoms with Crippen LogP contribution in [0.3, 0.4) is 0 Å². The van der Waals surface area contributed by atoms with Gasteiger partial charge in [0.15, 0.2) is 5.78 Å². The van der Waals surface area contributed by atoms with Gasteiger partial charge in [0.25, 0.3) is 0 Å². The third kappa shape index (κ3) is 6.69. The maximum Gasteiger partial charge on any atom is 0.154 e. The monoisotopic (exact) mass is 405 g/mol. The van der Waals surface area contributed by atoms with E-state index in [0.29, 0.717) is 24.0 Å². The topological polar surface area (TPSA) is 20.3 Å². The van der Waals surface area contributed by atoms with Crippen molar-refractivity contribution in [2.75, 3.05) is 13.1 Å².